The Hall–Kier alpha value is -0.540. The third-order valence-corrected chi connectivity index (χ3v) is 2.52. The predicted octanol–water partition coefficient (Wildman–Crippen LogP) is 2.55. The van der Waals surface area contributed by atoms with Crippen molar-refractivity contribution >= 4 is 30.2 Å². The van der Waals surface area contributed by atoms with E-state index in [4.69, 9.17) is 5.73 Å². The molecule has 0 unspecified atom stereocenters. The van der Waals surface area contributed by atoms with Crippen molar-refractivity contribution in [2.24, 2.45) is 5.73 Å². The van der Waals surface area contributed by atoms with Gasteiger partial charge in [-0.3, -0.25) is 0 Å². The van der Waals surface area contributed by atoms with Crippen molar-refractivity contribution in [1.29, 1.82) is 0 Å². The molecule has 0 saturated heterocycles. The number of allylic oxidation sites excluding steroid dienone is 1. The molecule has 3 heteroatoms. The standard InChI is InChI=1S/C9H11NS2/c1-6(10)9(12)7-4-2-3-5-8(7)11/h2-5,11-12H,10H2,1H3/b9-6-. The lowest BCUT2D eigenvalue weighted by atomic mass is 10.2. The van der Waals surface area contributed by atoms with E-state index in [0.717, 1.165) is 15.4 Å². The van der Waals surface area contributed by atoms with Crippen LogP contribution in [-0.4, -0.2) is 0 Å². The number of thiol groups is 2. The molecule has 64 valence electrons. The Morgan fingerprint density at radius 1 is 1.33 bits per heavy atom. The van der Waals surface area contributed by atoms with Crippen LogP contribution in [0.15, 0.2) is 34.9 Å². The molecule has 0 saturated carbocycles. The average Bonchev–Trinajstić information content (AvgIpc) is 2.04. The molecule has 0 fully saturated rings. The molecule has 12 heavy (non-hydrogen) atoms. The van der Waals surface area contributed by atoms with Gasteiger partial charge in [0.2, 0.25) is 0 Å². The lowest BCUT2D eigenvalue weighted by Gasteiger charge is -2.05. The summed E-state index contributed by atoms with van der Waals surface area (Å²) < 4.78 is 0. The maximum absolute atomic E-state index is 5.61. The van der Waals surface area contributed by atoms with Crippen molar-refractivity contribution in [1.82, 2.24) is 0 Å². The van der Waals surface area contributed by atoms with E-state index in [9.17, 15) is 0 Å². The Balaban J connectivity index is 3.21. The van der Waals surface area contributed by atoms with Crippen molar-refractivity contribution in [3.8, 4) is 0 Å². The molecular formula is C9H11NS2. The average molecular weight is 197 g/mol. The molecule has 1 aromatic rings. The highest BCUT2D eigenvalue weighted by Gasteiger charge is 2.01. The van der Waals surface area contributed by atoms with Crippen LogP contribution in [0.1, 0.15) is 12.5 Å². The van der Waals surface area contributed by atoms with Crippen molar-refractivity contribution in [2.45, 2.75) is 11.8 Å². The van der Waals surface area contributed by atoms with Gasteiger partial charge in [0, 0.05) is 21.1 Å². The monoisotopic (exact) mass is 197 g/mol. The van der Waals surface area contributed by atoms with E-state index in [1.807, 2.05) is 31.2 Å². The Morgan fingerprint density at radius 2 is 1.92 bits per heavy atom. The minimum Gasteiger partial charge on any atom is -0.401 e. The number of nitrogens with two attached hydrogens (primary N) is 1. The minimum absolute atomic E-state index is 0.708. The SMILES string of the molecule is C/C(N)=C(/S)c1ccccc1S. The normalized spacial score (nSPS) is 12.6. The highest BCUT2D eigenvalue weighted by Crippen LogP contribution is 2.25. The van der Waals surface area contributed by atoms with Gasteiger partial charge in [-0.15, -0.1) is 25.3 Å². The van der Waals surface area contributed by atoms with Gasteiger partial charge in [0.15, 0.2) is 0 Å². The topological polar surface area (TPSA) is 26.0 Å². The van der Waals surface area contributed by atoms with Gasteiger partial charge >= 0.3 is 0 Å². The minimum atomic E-state index is 0.708. The van der Waals surface area contributed by atoms with Crippen molar-refractivity contribution in [3.05, 3.63) is 35.5 Å². The summed E-state index contributed by atoms with van der Waals surface area (Å²) in [5, 5.41) is 0. The van der Waals surface area contributed by atoms with Crippen LogP contribution >= 0.6 is 25.3 Å². The summed E-state index contributed by atoms with van der Waals surface area (Å²) in [6.07, 6.45) is 0. The van der Waals surface area contributed by atoms with Gasteiger partial charge in [-0.25, -0.2) is 0 Å². The van der Waals surface area contributed by atoms with E-state index in [2.05, 4.69) is 25.3 Å². The smallest absolute Gasteiger partial charge is 0.0309 e. The summed E-state index contributed by atoms with van der Waals surface area (Å²) in [5.41, 5.74) is 7.29. The van der Waals surface area contributed by atoms with E-state index in [0.29, 0.717) is 5.70 Å². The third kappa shape index (κ3) is 1.99. The van der Waals surface area contributed by atoms with Crippen LogP contribution in [0.3, 0.4) is 0 Å². The number of rotatable bonds is 1. The van der Waals surface area contributed by atoms with Crippen LogP contribution in [-0.2, 0) is 0 Å². The largest absolute Gasteiger partial charge is 0.401 e. The van der Waals surface area contributed by atoms with Gasteiger partial charge in [0.25, 0.3) is 0 Å². The van der Waals surface area contributed by atoms with Crippen LogP contribution in [0.5, 0.6) is 0 Å². The summed E-state index contributed by atoms with van der Waals surface area (Å²) in [6, 6.07) is 7.73. The maximum atomic E-state index is 5.61. The Kier molecular flexibility index (Phi) is 3.12. The first-order valence-electron chi connectivity index (χ1n) is 3.56. The molecule has 0 aliphatic rings. The van der Waals surface area contributed by atoms with Gasteiger partial charge in [0.05, 0.1) is 0 Å². The number of hydrogen-bond donors (Lipinski definition) is 3. The zero-order valence-electron chi connectivity index (χ0n) is 6.78. The molecule has 0 heterocycles. The first-order chi connectivity index (χ1) is 5.63. The molecule has 1 rings (SSSR count). The second-order valence-electron chi connectivity index (χ2n) is 2.55. The lowest BCUT2D eigenvalue weighted by Crippen LogP contribution is -1.94. The fourth-order valence-corrected chi connectivity index (χ4v) is 1.44. The van der Waals surface area contributed by atoms with Gasteiger partial charge in [0.1, 0.15) is 0 Å². The third-order valence-electron chi connectivity index (χ3n) is 1.53. The Bertz CT molecular complexity index is 314. The molecule has 0 spiro atoms. The first-order valence-corrected chi connectivity index (χ1v) is 4.46. The van der Waals surface area contributed by atoms with Crippen molar-refractivity contribution in [3.63, 3.8) is 0 Å². The summed E-state index contributed by atoms with van der Waals surface area (Å²) in [5.74, 6) is 0. The second kappa shape index (κ2) is 3.92. The van der Waals surface area contributed by atoms with E-state index in [1.54, 1.807) is 0 Å². The molecule has 1 aromatic carbocycles. The van der Waals surface area contributed by atoms with Crippen molar-refractivity contribution in [2.75, 3.05) is 0 Å². The summed E-state index contributed by atoms with van der Waals surface area (Å²) in [7, 11) is 0. The fraction of sp³-hybridized carbons (Fsp3) is 0.111. The molecular weight excluding hydrogens is 186 g/mol. The molecule has 2 N–H and O–H groups in total. The van der Waals surface area contributed by atoms with Gasteiger partial charge in [-0.2, -0.15) is 0 Å². The lowest BCUT2D eigenvalue weighted by molar-refractivity contribution is 1.32. The van der Waals surface area contributed by atoms with E-state index < -0.39 is 0 Å². The van der Waals surface area contributed by atoms with Crippen LogP contribution in [0.2, 0.25) is 0 Å². The zero-order chi connectivity index (χ0) is 9.14. The quantitative estimate of drug-likeness (QED) is 0.593. The molecule has 1 nitrogen and oxygen atoms in total. The number of benzene rings is 1. The van der Waals surface area contributed by atoms with Gasteiger partial charge < -0.3 is 5.73 Å². The molecule has 0 atom stereocenters. The van der Waals surface area contributed by atoms with Crippen molar-refractivity contribution < 1.29 is 0 Å². The molecule has 0 aliphatic carbocycles. The fourth-order valence-electron chi connectivity index (χ4n) is 0.886. The maximum Gasteiger partial charge on any atom is 0.0309 e. The van der Waals surface area contributed by atoms with Gasteiger partial charge in [-0.1, -0.05) is 18.2 Å². The zero-order valence-corrected chi connectivity index (χ0v) is 8.57. The predicted molar refractivity (Wildman–Crippen MR) is 59.5 cm³/mol. The summed E-state index contributed by atoms with van der Waals surface area (Å²) >= 11 is 8.58. The molecule has 0 aliphatic heterocycles. The van der Waals surface area contributed by atoms with E-state index >= 15 is 0 Å². The van der Waals surface area contributed by atoms with Gasteiger partial charge in [-0.05, 0) is 13.0 Å². The van der Waals surface area contributed by atoms with Crippen LogP contribution in [0.25, 0.3) is 4.91 Å². The Labute approximate surface area is 83.5 Å². The van der Waals surface area contributed by atoms with E-state index in [1.165, 1.54) is 0 Å². The molecule has 0 amide bonds. The molecule has 0 aromatic heterocycles. The highest BCUT2D eigenvalue weighted by atomic mass is 32.1. The van der Waals surface area contributed by atoms with Crippen LogP contribution in [0.4, 0.5) is 0 Å². The Morgan fingerprint density at radius 3 is 2.42 bits per heavy atom. The summed E-state index contributed by atoms with van der Waals surface area (Å²) in [4.78, 5) is 1.69. The summed E-state index contributed by atoms with van der Waals surface area (Å²) in [6.45, 7) is 1.82. The molecule has 0 radical (unpaired) electrons. The van der Waals surface area contributed by atoms with Crippen LogP contribution < -0.4 is 5.73 Å². The number of hydrogen-bond acceptors (Lipinski definition) is 3. The second-order valence-corrected chi connectivity index (χ2v) is 3.48. The first kappa shape index (κ1) is 9.55. The molecule has 0 bridgehead atoms. The highest BCUT2D eigenvalue weighted by molar-refractivity contribution is 7.90. The van der Waals surface area contributed by atoms with E-state index in [-0.39, 0.29) is 0 Å². The van der Waals surface area contributed by atoms with Crippen LogP contribution in [0, 0.1) is 0 Å².